The van der Waals surface area contributed by atoms with Crippen LogP contribution in [0.15, 0.2) is 41.0 Å². The number of ether oxygens (including phenoxy) is 2. The van der Waals surface area contributed by atoms with Crippen LogP contribution in [-0.4, -0.2) is 18.9 Å². The molecule has 0 saturated carbocycles. The molecule has 0 aromatic heterocycles. The summed E-state index contributed by atoms with van der Waals surface area (Å²) in [5, 5.41) is 0.797. The fourth-order valence-corrected chi connectivity index (χ4v) is 3.63. The van der Waals surface area contributed by atoms with Crippen molar-refractivity contribution in [3.8, 4) is 0 Å². The molecule has 1 atom stereocenters. The molecular weight excluding hydrogens is 353 g/mol. The van der Waals surface area contributed by atoms with E-state index in [0.29, 0.717) is 46.2 Å². The average molecular weight is 368 g/mol. The minimum absolute atomic E-state index is 0.0636. The van der Waals surface area contributed by atoms with Gasteiger partial charge in [0.25, 0.3) is 0 Å². The number of methoxy groups -OCH3 is 1. The summed E-state index contributed by atoms with van der Waals surface area (Å²) in [5.74, 6) is -1.04. The lowest BCUT2D eigenvalue weighted by atomic mass is 9.77. The maximum absolute atomic E-state index is 12.5. The molecule has 0 radical (unpaired) electrons. The Hall–Kier alpha value is -1.98. The van der Waals surface area contributed by atoms with Crippen molar-refractivity contribution in [2.75, 3.05) is 7.11 Å². The molecule has 1 aromatic rings. The fourth-order valence-electron chi connectivity index (χ4n) is 3.11. The van der Waals surface area contributed by atoms with E-state index in [1.54, 1.807) is 18.2 Å². The van der Waals surface area contributed by atoms with Crippen molar-refractivity contribution in [1.29, 1.82) is 0 Å². The van der Waals surface area contributed by atoms with Gasteiger partial charge in [0.1, 0.15) is 11.3 Å². The summed E-state index contributed by atoms with van der Waals surface area (Å²) < 4.78 is 10.4. The fraction of sp³-hybridized carbons (Fsp3) is 0.294. The van der Waals surface area contributed by atoms with Gasteiger partial charge in [-0.25, -0.2) is 4.79 Å². The van der Waals surface area contributed by atoms with Crippen LogP contribution in [0.3, 0.4) is 0 Å². The molecule has 1 aromatic carbocycles. The normalized spacial score (nSPS) is 20.6. The molecule has 1 heterocycles. The summed E-state index contributed by atoms with van der Waals surface area (Å²) in [7, 11) is 1.25. The van der Waals surface area contributed by atoms with Gasteiger partial charge in [-0.05, 0) is 24.1 Å². The first-order chi connectivity index (χ1) is 11.4. The summed E-state index contributed by atoms with van der Waals surface area (Å²) in [6.45, 7) is 0. The van der Waals surface area contributed by atoms with Crippen LogP contribution in [0.4, 0.5) is 0 Å². The largest absolute Gasteiger partial charge is 0.465 e. The molecule has 2 N–H and O–H groups in total. The highest BCUT2D eigenvalue weighted by Gasteiger charge is 2.41. The average Bonchev–Trinajstić information content (AvgIpc) is 2.53. The molecule has 24 heavy (non-hydrogen) atoms. The molecule has 0 spiro atoms. The van der Waals surface area contributed by atoms with Gasteiger partial charge in [-0.1, -0.05) is 29.3 Å². The Balaban J connectivity index is 2.23. The van der Waals surface area contributed by atoms with Crippen LogP contribution < -0.4 is 5.73 Å². The molecule has 1 aliphatic carbocycles. The molecule has 7 heteroatoms. The first kappa shape index (κ1) is 16.9. The number of benzene rings is 1. The number of nitrogens with two attached hydrogens (primary N) is 1. The van der Waals surface area contributed by atoms with E-state index >= 15 is 0 Å². The van der Waals surface area contributed by atoms with Crippen LogP contribution in [0.1, 0.15) is 30.7 Å². The van der Waals surface area contributed by atoms with Crippen molar-refractivity contribution in [1.82, 2.24) is 0 Å². The van der Waals surface area contributed by atoms with Gasteiger partial charge in [0, 0.05) is 28.5 Å². The van der Waals surface area contributed by atoms with E-state index in [9.17, 15) is 9.59 Å². The zero-order valence-electron chi connectivity index (χ0n) is 12.9. The second kappa shape index (κ2) is 6.49. The lowest BCUT2D eigenvalue weighted by Crippen LogP contribution is -2.31. The minimum atomic E-state index is -0.723. The van der Waals surface area contributed by atoms with E-state index in [1.807, 2.05) is 0 Å². The van der Waals surface area contributed by atoms with E-state index < -0.39 is 11.9 Å². The monoisotopic (exact) mass is 367 g/mol. The Morgan fingerprint density at radius 2 is 2.08 bits per heavy atom. The van der Waals surface area contributed by atoms with Crippen LogP contribution in [0, 0.1) is 0 Å². The molecule has 0 amide bonds. The Morgan fingerprint density at radius 3 is 2.75 bits per heavy atom. The van der Waals surface area contributed by atoms with Gasteiger partial charge in [-0.3, -0.25) is 4.79 Å². The molecule has 1 aliphatic heterocycles. The van der Waals surface area contributed by atoms with Gasteiger partial charge in [0.15, 0.2) is 5.78 Å². The zero-order valence-corrected chi connectivity index (χ0v) is 14.4. The van der Waals surface area contributed by atoms with Crippen molar-refractivity contribution < 1.29 is 19.1 Å². The number of ketones is 1. The highest BCUT2D eigenvalue weighted by molar-refractivity contribution is 6.35. The summed E-state index contributed by atoms with van der Waals surface area (Å²) >= 11 is 12.3. The van der Waals surface area contributed by atoms with Crippen LogP contribution in [0.25, 0.3) is 0 Å². The van der Waals surface area contributed by atoms with Crippen molar-refractivity contribution in [2.45, 2.75) is 25.2 Å². The summed E-state index contributed by atoms with van der Waals surface area (Å²) in [5.41, 5.74) is 7.02. The summed E-state index contributed by atoms with van der Waals surface area (Å²) in [4.78, 5) is 24.8. The van der Waals surface area contributed by atoms with Gasteiger partial charge in [0.2, 0.25) is 5.88 Å². The van der Waals surface area contributed by atoms with Crippen LogP contribution in [-0.2, 0) is 19.1 Å². The first-order valence-electron chi connectivity index (χ1n) is 7.41. The van der Waals surface area contributed by atoms with E-state index in [2.05, 4.69) is 0 Å². The number of esters is 1. The SMILES string of the molecule is COC(=O)C1=C(N)OC2=C(C(=O)CCC2)[C@H]1c1ccc(Cl)cc1Cl. The van der Waals surface area contributed by atoms with Crippen molar-refractivity contribution in [3.63, 3.8) is 0 Å². The van der Waals surface area contributed by atoms with Gasteiger partial charge in [0.05, 0.1) is 13.0 Å². The molecular formula is C17H15Cl2NO4. The topological polar surface area (TPSA) is 78.6 Å². The summed E-state index contributed by atoms with van der Waals surface area (Å²) in [6.07, 6.45) is 1.65. The molecule has 3 rings (SSSR count). The number of allylic oxidation sites excluding steroid dienone is 2. The maximum Gasteiger partial charge on any atom is 0.340 e. The highest BCUT2D eigenvalue weighted by Crippen LogP contribution is 2.46. The van der Waals surface area contributed by atoms with Gasteiger partial charge in [-0.2, -0.15) is 0 Å². The number of Topliss-reactive ketones (excluding diaryl/α,β-unsaturated/α-hetero) is 1. The predicted octanol–water partition coefficient (Wildman–Crippen LogP) is 3.46. The van der Waals surface area contributed by atoms with Crippen LogP contribution in [0.2, 0.25) is 10.0 Å². The van der Waals surface area contributed by atoms with Gasteiger partial charge >= 0.3 is 5.97 Å². The van der Waals surface area contributed by atoms with Crippen molar-refractivity contribution in [2.24, 2.45) is 5.73 Å². The van der Waals surface area contributed by atoms with Crippen molar-refractivity contribution >= 4 is 35.0 Å². The first-order valence-corrected chi connectivity index (χ1v) is 8.16. The Kier molecular flexibility index (Phi) is 4.56. The van der Waals surface area contributed by atoms with Gasteiger partial charge < -0.3 is 15.2 Å². The molecule has 0 saturated heterocycles. The third-order valence-electron chi connectivity index (χ3n) is 4.16. The molecule has 126 valence electrons. The lowest BCUT2D eigenvalue weighted by Gasteiger charge is -2.32. The second-order valence-corrected chi connectivity index (χ2v) is 6.43. The van der Waals surface area contributed by atoms with Crippen LogP contribution in [0.5, 0.6) is 0 Å². The molecule has 0 bridgehead atoms. The van der Waals surface area contributed by atoms with E-state index in [0.717, 1.165) is 0 Å². The number of halogens is 2. The number of hydrogen-bond acceptors (Lipinski definition) is 5. The Bertz CT molecular complexity index is 798. The Labute approximate surface area is 149 Å². The van der Waals surface area contributed by atoms with Crippen molar-refractivity contribution in [3.05, 3.63) is 56.6 Å². The summed E-state index contributed by atoms with van der Waals surface area (Å²) in [6, 6.07) is 4.90. The maximum atomic E-state index is 12.5. The molecule has 0 fully saturated rings. The number of carbonyl (C=O) groups is 2. The molecule has 2 aliphatic rings. The van der Waals surface area contributed by atoms with Gasteiger partial charge in [-0.15, -0.1) is 0 Å². The second-order valence-electron chi connectivity index (χ2n) is 5.58. The molecule has 5 nitrogen and oxygen atoms in total. The number of hydrogen-bond donors (Lipinski definition) is 1. The third-order valence-corrected chi connectivity index (χ3v) is 4.73. The molecule has 0 unspecified atom stereocenters. The van der Waals surface area contributed by atoms with E-state index in [-0.39, 0.29) is 17.2 Å². The standard InChI is InChI=1S/C17H15Cl2NO4/c1-23-17(22)15-13(9-6-5-8(18)7-10(9)19)14-11(21)3-2-4-12(14)24-16(15)20/h5-7,13H,2-4,20H2,1H3/t13-/m1/s1. The van der Waals surface area contributed by atoms with Crippen LogP contribution >= 0.6 is 23.2 Å². The third kappa shape index (κ3) is 2.78. The highest BCUT2D eigenvalue weighted by atomic mass is 35.5. The smallest absolute Gasteiger partial charge is 0.340 e. The van der Waals surface area contributed by atoms with E-state index in [4.69, 9.17) is 38.4 Å². The van der Waals surface area contributed by atoms with E-state index in [1.165, 1.54) is 7.11 Å². The zero-order chi connectivity index (χ0) is 17.4. The predicted molar refractivity (Wildman–Crippen MR) is 89.4 cm³/mol. The number of carbonyl (C=O) groups excluding carboxylic acids is 2. The lowest BCUT2D eigenvalue weighted by molar-refractivity contribution is -0.136. The Morgan fingerprint density at radius 1 is 1.33 bits per heavy atom. The minimum Gasteiger partial charge on any atom is -0.465 e. The number of rotatable bonds is 2. The quantitative estimate of drug-likeness (QED) is 0.809.